The summed E-state index contributed by atoms with van der Waals surface area (Å²) in [6, 6.07) is 7.42. The fourth-order valence-corrected chi connectivity index (χ4v) is 3.55. The van der Waals surface area contributed by atoms with E-state index in [4.69, 9.17) is 4.74 Å². The third-order valence-corrected chi connectivity index (χ3v) is 4.91. The normalized spacial score (nSPS) is 22.5. The largest absolute Gasteiger partial charge is 0.456 e. The molecular formula is C19H21NO4. The molecule has 2 aromatic rings. The number of fused-ring (bicyclic) bond motifs is 1. The van der Waals surface area contributed by atoms with Gasteiger partial charge in [0.05, 0.1) is 10.9 Å². The number of carbonyl (C=O) groups is 3. The highest BCUT2D eigenvalue weighted by atomic mass is 16.5. The number of aromatic nitrogens is 1. The third kappa shape index (κ3) is 2.11. The molecule has 2 heterocycles. The average Bonchev–Trinajstić information content (AvgIpc) is 2.89. The Morgan fingerprint density at radius 3 is 2.38 bits per heavy atom. The first-order chi connectivity index (χ1) is 11.1. The molecule has 1 saturated heterocycles. The number of Topliss-reactive ketones (excluding diaryl/α,β-unsaturated/α-hetero) is 1. The molecule has 0 saturated carbocycles. The van der Waals surface area contributed by atoms with Crippen LogP contribution in [-0.2, 0) is 14.3 Å². The number of cyclic esters (lactones) is 1. The second-order valence-corrected chi connectivity index (χ2v) is 7.45. The Hall–Kier alpha value is -2.43. The zero-order valence-corrected chi connectivity index (χ0v) is 14.5. The summed E-state index contributed by atoms with van der Waals surface area (Å²) < 4.78 is 7.22. The molecule has 1 aromatic heterocycles. The Bertz CT molecular complexity index is 873. The van der Waals surface area contributed by atoms with Gasteiger partial charge in [-0.05, 0) is 33.8 Å². The summed E-state index contributed by atoms with van der Waals surface area (Å²) in [5.41, 5.74) is -0.630. The highest BCUT2D eigenvalue weighted by Crippen LogP contribution is 2.49. The van der Waals surface area contributed by atoms with Gasteiger partial charge in [0.2, 0.25) is 5.91 Å². The first-order valence-corrected chi connectivity index (χ1v) is 7.95. The number of para-hydroxylation sites is 1. The molecule has 1 aliphatic heterocycles. The van der Waals surface area contributed by atoms with Gasteiger partial charge < -0.3 is 4.74 Å². The lowest BCUT2D eigenvalue weighted by atomic mass is 9.67. The zero-order chi connectivity index (χ0) is 17.9. The van der Waals surface area contributed by atoms with Crippen LogP contribution in [0.25, 0.3) is 10.9 Å². The predicted molar refractivity (Wildman–Crippen MR) is 89.6 cm³/mol. The Morgan fingerprint density at radius 1 is 1.12 bits per heavy atom. The Balaban J connectivity index is 2.22. The highest BCUT2D eigenvalue weighted by Gasteiger charge is 2.56. The van der Waals surface area contributed by atoms with Crippen molar-refractivity contribution in [2.75, 3.05) is 0 Å². The maximum atomic E-state index is 12.9. The molecule has 126 valence electrons. The molecule has 0 unspecified atom stereocenters. The second kappa shape index (κ2) is 5.03. The van der Waals surface area contributed by atoms with Crippen LogP contribution in [0.2, 0.25) is 0 Å². The summed E-state index contributed by atoms with van der Waals surface area (Å²) in [7, 11) is 0. The van der Waals surface area contributed by atoms with Crippen LogP contribution in [0.1, 0.15) is 51.1 Å². The summed E-state index contributed by atoms with van der Waals surface area (Å²) in [6.45, 7) is 8.23. The summed E-state index contributed by atoms with van der Waals surface area (Å²) in [6.07, 6.45) is 0.953. The molecule has 0 amide bonds. The van der Waals surface area contributed by atoms with Gasteiger partial charge in [-0.2, -0.15) is 0 Å². The standard InChI is InChI=1S/C19H21NO4/c1-11(21)20-10-13(12-8-6-7-9-14(12)20)15-18(2,3)16(22)19(4,5)17(23)24-15/h6-10,15H,1-5H3/t15-/m0/s1. The third-order valence-electron chi connectivity index (χ3n) is 4.91. The van der Waals surface area contributed by atoms with E-state index in [-0.39, 0.29) is 11.7 Å². The Kier molecular flexibility index (Phi) is 3.44. The monoisotopic (exact) mass is 327 g/mol. The molecule has 1 aromatic carbocycles. The number of ether oxygens (including phenoxy) is 1. The fourth-order valence-electron chi connectivity index (χ4n) is 3.55. The van der Waals surface area contributed by atoms with Crippen molar-refractivity contribution in [3.05, 3.63) is 36.0 Å². The average molecular weight is 327 g/mol. The zero-order valence-electron chi connectivity index (χ0n) is 14.5. The van der Waals surface area contributed by atoms with Gasteiger partial charge in [-0.3, -0.25) is 19.0 Å². The number of nitrogens with zero attached hydrogens (tertiary/aromatic N) is 1. The second-order valence-electron chi connectivity index (χ2n) is 7.45. The molecule has 3 rings (SSSR count). The van der Waals surface area contributed by atoms with E-state index >= 15 is 0 Å². The van der Waals surface area contributed by atoms with E-state index in [1.54, 1.807) is 33.9 Å². The highest BCUT2D eigenvalue weighted by molar-refractivity contribution is 6.08. The molecule has 0 radical (unpaired) electrons. The first kappa shape index (κ1) is 16.4. The summed E-state index contributed by atoms with van der Waals surface area (Å²) in [5.74, 6) is -0.823. The molecule has 1 fully saturated rings. The topological polar surface area (TPSA) is 65.4 Å². The van der Waals surface area contributed by atoms with E-state index in [1.807, 2.05) is 24.3 Å². The van der Waals surface area contributed by atoms with E-state index < -0.39 is 22.9 Å². The number of benzene rings is 1. The van der Waals surface area contributed by atoms with Crippen molar-refractivity contribution in [1.82, 2.24) is 4.57 Å². The van der Waals surface area contributed by atoms with E-state index in [0.29, 0.717) is 5.56 Å². The number of esters is 1. The van der Waals surface area contributed by atoms with Gasteiger partial charge in [-0.25, -0.2) is 0 Å². The number of carbonyl (C=O) groups excluding carboxylic acids is 3. The Morgan fingerprint density at radius 2 is 1.75 bits per heavy atom. The van der Waals surface area contributed by atoms with Crippen molar-refractivity contribution in [1.29, 1.82) is 0 Å². The van der Waals surface area contributed by atoms with E-state index in [1.165, 1.54) is 11.5 Å². The molecule has 0 aliphatic carbocycles. The van der Waals surface area contributed by atoms with Crippen LogP contribution in [-0.4, -0.2) is 22.2 Å². The van der Waals surface area contributed by atoms with E-state index in [9.17, 15) is 14.4 Å². The van der Waals surface area contributed by atoms with Crippen molar-refractivity contribution in [3.8, 4) is 0 Å². The minimum Gasteiger partial charge on any atom is -0.456 e. The summed E-state index contributed by atoms with van der Waals surface area (Å²) in [5, 5.41) is 0.811. The lowest BCUT2D eigenvalue weighted by Crippen LogP contribution is -2.52. The molecule has 0 bridgehead atoms. The van der Waals surface area contributed by atoms with Gasteiger partial charge in [-0.1, -0.05) is 18.2 Å². The van der Waals surface area contributed by atoms with Gasteiger partial charge in [0.1, 0.15) is 11.5 Å². The molecule has 0 N–H and O–H groups in total. The van der Waals surface area contributed by atoms with Gasteiger partial charge >= 0.3 is 5.97 Å². The first-order valence-electron chi connectivity index (χ1n) is 7.95. The summed E-state index contributed by atoms with van der Waals surface area (Å²) in [4.78, 5) is 37.2. The Labute approximate surface area is 140 Å². The van der Waals surface area contributed by atoms with Gasteiger partial charge in [-0.15, -0.1) is 0 Å². The van der Waals surface area contributed by atoms with Crippen molar-refractivity contribution in [3.63, 3.8) is 0 Å². The van der Waals surface area contributed by atoms with Crippen LogP contribution in [0.15, 0.2) is 30.5 Å². The van der Waals surface area contributed by atoms with E-state index in [0.717, 1.165) is 10.9 Å². The molecule has 24 heavy (non-hydrogen) atoms. The van der Waals surface area contributed by atoms with Gasteiger partial charge in [0, 0.05) is 24.1 Å². The van der Waals surface area contributed by atoms with Crippen molar-refractivity contribution in [2.24, 2.45) is 10.8 Å². The number of ketones is 1. The minimum atomic E-state index is -1.17. The quantitative estimate of drug-likeness (QED) is 0.594. The van der Waals surface area contributed by atoms with Crippen molar-refractivity contribution < 1.29 is 19.1 Å². The fraction of sp³-hybridized carbons (Fsp3) is 0.421. The molecule has 5 nitrogen and oxygen atoms in total. The van der Waals surface area contributed by atoms with Crippen LogP contribution in [0.4, 0.5) is 0 Å². The van der Waals surface area contributed by atoms with Crippen LogP contribution in [0.3, 0.4) is 0 Å². The summed E-state index contributed by atoms with van der Waals surface area (Å²) >= 11 is 0. The van der Waals surface area contributed by atoms with Crippen LogP contribution >= 0.6 is 0 Å². The predicted octanol–water partition coefficient (Wildman–Crippen LogP) is 3.52. The lowest BCUT2D eigenvalue weighted by molar-refractivity contribution is -0.186. The molecular weight excluding hydrogens is 306 g/mol. The van der Waals surface area contributed by atoms with Crippen LogP contribution in [0.5, 0.6) is 0 Å². The molecule has 1 aliphatic rings. The number of rotatable bonds is 1. The van der Waals surface area contributed by atoms with Crippen molar-refractivity contribution in [2.45, 2.75) is 40.7 Å². The van der Waals surface area contributed by atoms with E-state index in [2.05, 4.69) is 0 Å². The maximum Gasteiger partial charge on any atom is 0.319 e. The van der Waals surface area contributed by atoms with Crippen molar-refractivity contribution >= 4 is 28.6 Å². The minimum absolute atomic E-state index is 0.135. The van der Waals surface area contributed by atoms with Crippen LogP contribution in [0, 0.1) is 10.8 Å². The number of hydrogen-bond donors (Lipinski definition) is 0. The molecule has 1 atom stereocenters. The van der Waals surface area contributed by atoms with Gasteiger partial charge in [0.15, 0.2) is 5.78 Å². The molecule has 0 spiro atoms. The smallest absolute Gasteiger partial charge is 0.319 e. The lowest BCUT2D eigenvalue weighted by Gasteiger charge is -2.43. The molecule has 5 heteroatoms. The van der Waals surface area contributed by atoms with Crippen LogP contribution < -0.4 is 0 Å². The SMILES string of the molecule is CC(=O)n1cc([C@@H]2OC(=O)C(C)(C)C(=O)C2(C)C)c2ccccc21. The number of hydrogen-bond acceptors (Lipinski definition) is 4. The van der Waals surface area contributed by atoms with Gasteiger partial charge in [0.25, 0.3) is 0 Å². The maximum absolute atomic E-state index is 12.9.